The molecule has 0 aliphatic rings. The molecule has 0 atom stereocenters. The van der Waals surface area contributed by atoms with Crippen LogP contribution in [0.5, 0.6) is 5.75 Å². The van der Waals surface area contributed by atoms with Crippen LogP contribution in [0.3, 0.4) is 0 Å². The molecule has 0 unspecified atom stereocenters. The number of aliphatic imine (C=N–C) groups is 1. The topological polar surface area (TPSA) is 54.9 Å². The van der Waals surface area contributed by atoms with E-state index in [9.17, 15) is 0 Å². The third-order valence-electron chi connectivity index (χ3n) is 3.26. The summed E-state index contributed by atoms with van der Waals surface area (Å²) in [6, 6.07) is 6.16. The number of aryl methyl sites for hydroxylation is 1. The average molecular weight is 293 g/mol. The molecule has 0 fully saturated rings. The van der Waals surface area contributed by atoms with E-state index >= 15 is 0 Å². The Bertz CT molecular complexity index is 484. The van der Waals surface area contributed by atoms with E-state index in [1.807, 2.05) is 26.0 Å². The number of methoxy groups -OCH3 is 2. The standard InChI is InChI=1S/C16H27N3O2/c1-12-7-13(9-14(8-12)20-5)10-18-15(17-4)19-11-16(2,3)21-6/h7-9H,10-11H2,1-6H3,(H2,17,18,19). The summed E-state index contributed by atoms with van der Waals surface area (Å²) < 4.78 is 10.7. The van der Waals surface area contributed by atoms with Gasteiger partial charge in [-0.05, 0) is 44.0 Å². The van der Waals surface area contributed by atoms with Crippen LogP contribution in [0.15, 0.2) is 23.2 Å². The number of nitrogens with one attached hydrogen (secondary N) is 2. The van der Waals surface area contributed by atoms with E-state index in [1.54, 1.807) is 21.3 Å². The number of rotatable bonds is 6. The van der Waals surface area contributed by atoms with E-state index in [4.69, 9.17) is 9.47 Å². The molecular formula is C16H27N3O2. The molecule has 5 heteroatoms. The molecule has 0 saturated heterocycles. The average Bonchev–Trinajstić information content (AvgIpc) is 2.46. The molecule has 21 heavy (non-hydrogen) atoms. The lowest BCUT2D eigenvalue weighted by molar-refractivity contribution is 0.0268. The van der Waals surface area contributed by atoms with Crippen molar-refractivity contribution in [2.75, 3.05) is 27.8 Å². The van der Waals surface area contributed by atoms with E-state index in [0.717, 1.165) is 17.3 Å². The Morgan fingerprint density at radius 3 is 2.48 bits per heavy atom. The van der Waals surface area contributed by atoms with Crippen LogP contribution >= 0.6 is 0 Å². The molecule has 1 rings (SSSR count). The molecule has 0 amide bonds. The number of ether oxygens (including phenoxy) is 2. The van der Waals surface area contributed by atoms with Gasteiger partial charge in [0.25, 0.3) is 0 Å². The molecule has 0 aliphatic heterocycles. The quantitative estimate of drug-likeness (QED) is 0.623. The maximum Gasteiger partial charge on any atom is 0.191 e. The monoisotopic (exact) mass is 293 g/mol. The lowest BCUT2D eigenvalue weighted by atomic mass is 10.1. The Labute approximate surface area is 127 Å². The minimum absolute atomic E-state index is 0.232. The van der Waals surface area contributed by atoms with Crippen LogP contribution in [0.1, 0.15) is 25.0 Å². The molecular weight excluding hydrogens is 266 g/mol. The molecule has 0 saturated carbocycles. The number of benzene rings is 1. The zero-order chi connectivity index (χ0) is 15.9. The second-order valence-corrected chi connectivity index (χ2v) is 5.60. The van der Waals surface area contributed by atoms with Gasteiger partial charge in [-0.3, -0.25) is 4.99 Å². The summed E-state index contributed by atoms with van der Waals surface area (Å²) in [6.07, 6.45) is 0. The van der Waals surface area contributed by atoms with Gasteiger partial charge in [-0.25, -0.2) is 0 Å². The summed E-state index contributed by atoms with van der Waals surface area (Å²) in [6.45, 7) is 7.48. The molecule has 118 valence electrons. The van der Waals surface area contributed by atoms with Crippen LogP contribution in [-0.4, -0.2) is 39.4 Å². The highest BCUT2D eigenvalue weighted by Crippen LogP contribution is 2.16. The Hall–Kier alpha value is -1.75. The molecule has 0 heterocycles. The first-order chi connectivity index (χ1) is 9.90. The molecule has 0 aliphatic carbocycles. The summed E-state index contributed by atoms with van der Waals surface area (Å²) in [5, 5.41) is 6.55. The summed E-state index contributed by atoms with van der Waals surface area (Å²) in [5.74, 6) is 1.62. The highest BCUT2D eigenvalue weighted by Gasteiger charge is 2.16. The number of nitrogens with zero attached hydrogens (tertiary/aromatic N) is 1. The van der Waals surface area contributed by atoms with Crippen LogP contribution in [0.4, 0.5) is 0 Å². The predicted molar refractivity (Wildman–Crippen MR) is 87.0 cm³/mol. The minimum atomic E-state index is -0.232. The van der Waals surface area contributed by atoms with E-state index in [-0.39, 0.29) is 5.60 Å². The van der Waals surface area contributed by atoms with E-state index in [1.165, 1.54) is 5.56 Å². The Morgan fingerprint density at radius 2 is 1.90 bits per heavy atom. The maximum atomic E-state index is 5.38. The summed E-state index contributed by atoms with van der Waals surface area (Å²) in [4.78, 5) is 4.21. The number of guanidine groups is 1. The van der Waals surface area contributed by atoms with Crippen LogP contribution < -0.4 is 15.4 Å². The van der Waals surface area contributed by atoms with Crippen molar-refractivity contribution in [1.82, 2.24) is 10.6 Å². The number of hydrogen-bond donors (Lipinski definition) is 2. The Balaban J connectivity index is 2.58. The van der Waals surface area contributed by atoms with Gasteiger partial charge in [0.1, 0.15) is 5.75 Å². The molecule has 1 aromatic rings. The number of hydrogen-bond acceptors (Lipinski definition) is 3. The molecule has 0 aromatic heterocycles. The highest BCUT2D eigenvalue weighted by atomic mass is 16.5. The fourth-order valence-electron chi connectivity index (χ4n) is 1.82. The first-order valence-electron chi connectivity index (χ1n) is 7.04. The minimum Gasteiger partial charge on any atom is -0.497 e. The summed E-state index contributed by atoms with van der Waals surface area (Å²) >= 11 is 0. The van der Waals surface area contributed by atoms with Crippen molar-refractivity contribution in [3.05, 3.63) is 29.3 Å². The summed E-state index contributed by atoms with van der Waals surface area (Å²) in [7, 11) is 5.14. The van der Waals surface area contributed by atoms with Crippen LogP contribution in [0.2, 0.25) is 0 Å². The van der Waals surface area contributed by atoms with Crippen molar-refractivity contribution in [1.29, 1.82) is 0 Å². The van der Waals surface area contributed by atoms with Crippen molar-refractivity contribution in [2.24, 2.45) is 4.99 Å². The van der Waals surface area contributed by atoms with Crippen LogP contribution in [0.25, 0.3) is 0 Å². The van der Waals surface area contributed by atoms with E-state index in [0.29, 0.717) is 13.1 Å². The Kier molecular flexibility index (Phi) is 6.49. The van der Waals surface area contributed by atoms with Crippen molar-refractivity contribution in [2.45, 2.75) is 32.9 Å². The lowest BCUT2D eigenvalue weighted by Gasteiger charge is -2.24. The van der Waals surface area contributed by atoms with Crippen molar-refractivity contribution in [3.63, 3.8) is 0 Å². The van der Waals surface area contributed by atoms with Gasteiger partial charge in [-0.1, -0.05) is 6.07 Å². The van der Waals surface area contributed by atoms with Crippen molar-refractivity contribution < 1.29 is 9.47 Å². The van der Waals surface area contributed by atoms with Crippen molar-refractivity contribution in [3.8, 4) is 5.75 Å². The lowest BCUT2D eigenvalue weighted by Crippen LogP contribution is -2.45. The van der Waals surface area contributed by atoms with Gasteiger partial charge in [0.15, 0.2) is 5.96 Å². The SMILES string of the molecule is CN=C(NCc1cc(C)cc(OC)c1)NCC(C)(C)OC. The predicted octanol–water partition coefficient (Wildman–Crippen LogP) is 2.09. The zero-order valence-corrected chi connectivity index (χ0v) is 13.9. The van der Waals surface area contributed by atoms with Gasteiger partial charge in [-0.15, -0.1) is 0 Å². The fourth-order valence-corrected chi connectivity index (χ4v) is 1.82. The molecule has 0 radical (unpaired) electrons. The van der Waals surface area contributed by atoms with Gasteiger partial charge in [0.05, 0.1) is 12.7 Å². The smallest absolute Gasteiger partial charge is 0.191 e. The fraction of sp³-hybridized carbons (Fsp3) is 0.562. The normalized spacial score (nSPS) is 12.2. The molecule has 0 spiro atoms. The van der Waals surface area contributed by atoms with Crippen LogP contribution in [-0.2, 0) is 11.3 Å². The van der Waals surface area contributed by atoms with Crippen LogP contribution in [0, 0.1) is 6.92 Å². The third-order valence-corrected chi connectivity index (χ3v) is 3.26. The van der Waals surface area contributed by atoms with E-state index in [2.05, 4.69) is 28.6 Å². The zero-order valence-electron chi connectivity index (χ0n) is 13.9. The second kappa shape index (κ2) is 7.88. The highest BCUT2D eigenvalue weighted by molar-refractivity contribution is 5.79. The molecule has 5 nitrogen and oxygen atoms in total. The van der Waals surface area contributed by atoms with Crippen molar-refractivity contribution >= 4 is 5.96 Å². The first kappa shape index (κ1) is 17.3. The third kappa shape index (κ3) is 6.04. The first-order valence-corrected chi connectivity index (χ1v) is 7.04. The van der Waals surface area contributed by atoms with Gasteiger partial charge >= 0.3 is 0 Å². The largest absolute Gasteiger partial charge is 0.497 e. The Morgan fingerprint density at radius 1 is 1.19 bits per heavy atom. The molecule has 1 aromatic carbocycles. The second-order valence-electron chi connectivity index (χ2n) is 5.60. The van der Waals surface area contributed by atoms with Gasteiger partial charge < -0.3 is 20.1 Å². The van der Waals surface area contributed by atoms with E-state index < -0.39 is 0 Å². The molecule has 2 N–H and O–H groups in total. The van der Waals surface area contributed by atoms with Gasteiger partial charge in [-0.2, -0.15) is 0 Å². The summed E-state index contributed by atoms with van der Waals surface area (Å²) in [5.41, 5.74) is 2.10. The maximum absolute atomic E-state index is 5.38. The molecule has 0 bridgehead atoms. The van der Waals surface area contributed by atoms with Gasteiger partial charge in [0, 0.05) is 27.2 Å². The van der Waals surface area contributed by atoms with Gasteiger partial charge in [0.2, 0.25) is 0 Å².